The van der Waals surface area contributed by atoms with E-state index in [2.05, 4.69) is 62.4 Å². The Hall–Kier alpha value is -4.33. The van der Waals surface area contributed by atoms with Crippen LogP contribution in [0.25, 0.3) is 22.3 Å². The van der Waals surface area contributed by atoms with Crippen LogP contribution in [-0.2, 0) is 13.2 Å². The number of rotatable bonds is 3. The minimum absolute atomic E-state index is 0.476. The van der Waals surface area contributed by atoms with Gasteiger partial charge in [0, 0.05) is 16.8 Å². The van der Waals surface area contributed by atoms with Crippen LogP contribution in [0.4, 0.5) is 0 Å². The Morgan fingerprint density at radius 3 is 2.71 bits per heavy atom. The first-order valence-electron chi connectivity index (χ1n) is 11.6. The van der Waals surface area contributed by atoms with Crippen molar-refractivity contribution in [1.82, 2.24) is 35.2 Å². The van der Waals surface area contributed by atoms with Crippen molar-refractivity contribution in [3.8, 4) is 5.75 Å². The van der Waals surface area contributed by atoms with E-state index < -0.39 is 0 Å². The van der Waals surface area contributed by atoms with Crippen LogP contribution in [0.1, 0.15) is 52.1 Å². The second kappa shape index (κ2) is 8.16. The number of nitrogens with zero attached hydrogens (tertiary/aromatic N) is 6. The van der Waals surface area contributed by atoms with Gasteiger partial charge in [-0.05, 0) is 78.9 Å². The first-order valence-corrected chi connectivity index (χ1v) is 11.6. The number of nitrogens with one attached hydrogen (secondary N) is 1. The third-order valence-corrected chi connectivity index (χ3v) is 6.59. The molecule has 35 heavy (non-hydrogen) atoms. The third kappa shape index (κ3) is 3.58. The maximum absolute atomic E-state index is 6.26. The highest BCUT2D eigenvalue weighted by atomic mass is 16.5. The maximum Gasteiger partial charge on any atom is 0.201 e. The molecule has 1 aliphatic rings. The number of allylic oxidation sites excluding steroid dienone is 1. The second-order valence-electron chi connectivity index (χ2n) is 9.01. The molecular formula is C27H25N7O. The molecule has 0 bridgehead atoms. The van der Waals surface area contributed by atoms with E-state index in [1.54, 1.807) is 0 Å². The van der Waals surface area contributed by atoms with Gasteiger partial charge in [-0.1, -0.05) is 30.3 Å². The van der Waals surface area contributed by atoms with Gasteiger partial charge in [0.05, 0.1) is 6.54 Å². The number of hydrogen-bond donors (Lipinski definition) is 1. The van der Waals surface area contributed by atoms with E-state index in [4.69, 9.17) is 14.7 Å². The average molecular weight is 464 g/mol. The molecule has 1 aliphatic heterocycles. The molecule has 0 saturated heterocycles. The summed E-state index contributed by atoms with van der Waals surface area (Å²) in [5.74, 6) is 2.37. The van der Waals surface area contributed by atoms with Crippen LogP contribution in [-0.4, -0.2) is 35.2 Å². The van der Waals surface area contributed by atoms with Gasteiger partial charge in [-0.25, -0.2) is 9.97 Å². The summed E-state index contributed by atoms with van der Waals surface area (Å²) in [4.78, 5) is 9.58. The van der Waals surface area contributed by atoms with Crippen molar-refractivity contribution in [2.75, 3.05) is 0 Å². The van der Waals surface area contributed by atoms with E-state index in [9.17, 15) is 0 Å². The lowest BCUT2D eigenvalue weighted by atomic mass is 9.89. The molecule has 0 spiro atoms. The van der Waals surface area contributed by atoms with Crippen molar-refractivity contribution in [3.05, 3.63) is 93.7 Å². The SMILES string of the molecule is C/C(=C1\c2ccc(Cn3c(C)nc4c(C)cc(C)nc43)cc2COc2ccccc21)c1nn[nH]n1. The molecule has 0 unspecified atom stereocenters. The van der Waals surface area contributed by atoms with E-state index in [1.807, 2.05) is 39.0 Å². The van der Waals surface area contributed by atoms with Crippen molar-refractivity contribution >= 4 is 22.3 Å². The van der Waals surface area contributed by atoms with Gasteiger partial charge >= 0.3 is 0 Å². The van der Waals surface area contributed by atoms with Crippen LogP contribution in [0.2, 0.25) is 0 Å². The molecule has 3 aromatic heterocycles. The second-order valence-corrected chi connectivity index (χ2v) is 9.01. The first kappa shape index (κ1) is 21.2. The number of pyridine rings is 1. The van der Waals surface area contributed by atoms with E-state index in [0.717, 1.165) is 61.8 Å². The molecule has 1 N–H and O–H groups in total. The number of ether oxygens (including phenoxy) is 1. The van der Waals surface area contributed by atoms with Gasteiger partial charge in [-0.2, -0.15) is 5.21 Å². The largest absolute Gasteiger partial charge is 0.488 e. The summed E-state index contributed by atoms with van der Waals surface area (Å²) in [6.45, 7) is 9.33. The number of hydrogen-bond acceptors (Lipinski definition) is 6. The van der Waals surface area contributed by atoms with Crippen LogP contribution in [0.5, 0.6) is 5.75 Å². The number of tetrazole rings is 1. The molecule has 0 amide bonds. The Morgan fingerprint density at radius 1 is 1.03 bits per heavy atom. The average Bonchev–Trinajstić information content (AvgIpc) is 3.45. The topological polar surface area (TPSA) is 94.4 Å². The Morgan fingerprint density at radius 2 is 1.89 bits per heavy atom. The molecule has 0 radical (unpaired) electrons. The Balaban J connectivity index is 1.48. The summed E-state index contributed by atoms with van der Waals surface area (Å²) >= 11 is 0. The van der Waals surface area contributed by atoms with Gasteiger partial charge in [0.25, 0.3) is 0 Å². The molecule has 5 aromatic rings. The van der Waals surface area contributed by atoms with E-state index in [1.165, 1.54) is 5.56 Å². The van der Waals surface area contributed by atoms with Crippen molar-refractivity contribution in [2.24, 2.45) is 0 Å². The van der Waals surface area contributed by atoms with Crippen molar-refractivity contribution in [1.29, 1.82) is 0 Å². The number of para-hydroxylation sites is 1. The predicted octanol–water partition coefficient (Wildman–Crippen LogP) is 4.79. The van der Waals surface area contributed by atoms with Crippen LogP contribution in [0.15, 0.2) is 48.5 Å². The molecule has 6 rings (SSSR count). The number of imidazole rings is 1. The van der Waals surface area contributed by atoms with Crippen LogP contribution in [0, 0.1) is 20.8 Å². The molecule has 0 atom stereocenters. The summed E-state index contributed by atoms with van der Waals surface area (Å²) in [5, 5.41) is 14.8. The summed E-state index contributed by atoms with van der Waals surface area (Å²) in [6.07, 6.45) is 0. The van der Waals surface area contributed by atoms with Gasteiger partial charge < -0.3 is 9.30 Å². The lowest BCUT2D eigenvalue weighted by Crippen LogP contribution is -2.05. The zero-order chi connectivity index (χ0) is 24.1. The number of aryl methyl sites for hydroxylation is 3. The predicted molar refractivity (Wildman–Crippen MR) is 134 cm³/mol. The quantitative estimate of drug-likeness (QED) is 0.413. The van der Waals surface area contributed by atoms with Crippen LogP contribution in [0.3, 0.4) is 0 Å². The lowest BCUT2D eigenvalue weighted by Gasteiger charge is -2.14. The highest BCUT2D eigenvalue weighted by Crippen LogP contribution is 2.40. The Kier molecular flexibility index (Phi) is 4.95. The molecule has 174 valence electrons. The fourth-order valence-corrected chi connectivity index (χ4v) is 4.93. The summed E-state index contributed by atoms with van der Waals surface area (Å²) in [5.41, 5.74) is 10.4. The van der Waals surface area contributed by atoms with Crippen molar-refractivity contribution in [2.45, 2.75) is 40.8 Å². The minimum Gasteiger partial charge on any atom is -0.488 e. The molecule has 0 saturated carbocycles. The lowest BCUT2D eigenvalue weighted by molar-refractivity contribution is 0.307. The smallest absolute Gasteiger partial charge is 0.201 e. The van der Waals surface area contributed by atoms with Gasteiger partial charge in [0.15, 0.2) is 5.65 Å². The highest BCUT2D eigenvalue weighted by Gasteiger charge is 2.23. The zero-order valence-corrected chi connectivity index (χ0v) is 20.1. The first-order chi connectivity index (χ1) is 17.0. The van der Waals surface area contributed by atoms with Gasteiger partial charge in [0.2, 0.25) is 5.82 Å². The van der Waals surface area contributed by atoms with Crippen molar-refractivity contribution in [3.63, 3.8) is 0 Å². The Bertz CT molecular complexity index is 1610. The number of aromatic amines is 1. The Labute approximate surface area is 202 Å². The maximum atomic E-state index is 6.26. The normalized spacial score (nSPS) is 14.3. The van der Waals surface area contributed by atoms with E-state index >= 15 is 0 Å². The minimum atomic E-state index is 0.476. The standard InChI is InChI=1S/C27H25N7O/c1-15-11-16(2)28-27-25(15)29-18(4)34(27)13-19-9-10-21-20(12-19)14-35-23-8-6-5-7-22(23)24(21)17(3)26-30-32-33-31-26/h5-12H,13-14H2,1-4H3,(H,30,31,32,33)/b24-17-. The van der Waals surface area contributed by atoms with Gasteiger partial charge in [-0.15, -0.1) is 10.2 Å². The molecule has 8 heteroatoms. The molecule has 2 aromatic carbocycles. The third-order valence-electron chi connectivity index (χ3n) is 6.59. The van der Waals surface area contributed by atoms with Crippen LogP contribution >= 0.6 is 0 Å². The highest BCUT2D eigenvalue weighted by molar-refractivity contribution is 5.99. The summed E-state index contributed by atoms with van der Waals surface area (Å²) in [6, 6.07) is 16.7. The number of benzene rings is 2. The van der Waals surface area contributed by atoms with Crippen molar-refractivity contribution < 1.29 is 4.74 Å². The summed E-state index contributed by atoms with van der Waals surface area (Å²) < 4.78 is 8.44. The molecular weight excluding hydrogens is 438 g/mol. The fraction of sp³-hybridized carbons (Fsp3) is 0.222. The monoisotopic (exact) mass is 463 g/mol. The summed E-state index contributed by atoms with van der Waals surface area (Å²) in [7, 11) is 0. The number of H-pyrrole nitrogens is 1. The van der Waals surface area contributed by atoms with E-state index in [-0.39, 0.29) is 0 Å². The van der Waals surface area contributed by atoms with Crippen LogP contribution < -0.4 is 4.74 Å². The number of fused-ring (bicyclic) bond motifs is 3. The van der Waals surface area contributed by atoms with Gasteiger partial charge in [-0.3, -0.25) is 0 Å². The molecule has 4 heterocycles. The van der Waals surface area contributed by atoms with Gasteiger partial charge in [0.1, 0.15) is 23.7 Å². The van der Waals surface area contributed by atoms with E-state index in [0.29, 0.717) is 19.0 Å². The number of aromatic nitrogens is 7. The zero-order valence-electron chi connectivity index (χ0n) is 20.1. The molecule has 0 aliphatic carbocycles. The fourth-order valence-electron chi connectivity index (χ4n) is 4.93. The molecule has 0 fully saturated rings. The molecule has 8 nitrogen and oxygen atoms in total.